The molecule has 0 atom stereocenters. The molecule has 0 amide bonds. The smallest absolute Gasteiger partial charge is 0.268 e. The third kappa shape index (κ3) is 2.36. The van der Waals surface area contributed by atoms with E-state index in [-0.39, 0.29) is 17.9 Å². The number of ketones is 1. The minimum absolute atomic E-state index is 0.0108. The number of hydrogen-bond donors (Lipinski definition) is 0. The molecule has 88 valence electrons. The Morgan fingerprint density at radius 3 is 2.94 bits per heavy atom. The van der Waals surface area contributed by atoms with E-state index in [1.807, 2.05) is 0 Å². The minimum atomic E-state index is -0.262. The van der Waals surface area contributed by atoms with Crippen LogP contribution in [0.15, 0.2) is 40.1 Å². The first-order chi connectivity index (χ1) is 8.09. The second kappa shape index (κ2) is 4.67. The molecule has 17 heavy (non-hydrogen) atoms. The van der Waals surface area contributed by atoms with E-state index in [2.05, 4.69) is 20.9 Å². The summed E-state index contributed by atoms with van der Waals surface area (Å²) in [6.45, 7) is -0.0108. The Labute approximate surface area is 106 Å². The molecule has 0 bridgehead atoms. The van der Waals surface area contributed by atoms with Gasteiger partial charge in [0.05, 0.1) is 18.6 Å². The van der Waals surface area contributed by atoms with Crippen LogP contribution in [0, 0.1) is 0 Å². The fourth-order valence-corrected chi connectivity index (χ4v) is 1.87. The highest BCUT2D eigenvalue weighted by Crippen LogP contribution is 2.03. The van der Waals surface area contributed by atoms with Crippen LogP contribution < -0.4 is 5.56 Å². The number of nitrogens with zero attached hydrogens (tertiary/aromatic N) is 3. The summed E-state index contributed by atoms with van der Waals surface area (Å²) in [5.41, 5.74) is 0.305. The van der Waals surface area contributed by atoms with Crippen LogP contribution in [-0.4, -0.2) is 19.9 Å². The molecule has 0 saturated carbocycles. The number of halogens is 1. The minimum Gasteiger partial charge on any atom is -0.348 e. The number of hydrogen-bond acceptors (Lipinski definition) is 3. The van der Waals surface area contributed by atoms with E-state index in [4.69, 9.17) is 0 Å². The Morgan fingerprint density at radius 1 is 1.53 bits per heavy atom. The third-order valence-corrected chi connectivity index (χ3v) is 2.95. The highest BCUT2D eigenvalue weighted by Gasteiger charge is 2.11. The molecule has 2 heterocycles. The molecular weight excluding hydrogens is 286 g/mol. The van der Waals surface area contributed by atoms with Gasteiger partial charge < -0.3 is 4.57 Å². The van der Waals surface area contributed by atoms with Crippen molar-refractivity contribution in [3.63, 3.8) is 0 Å². The lowest BCUT2D eigenvalue weighted by molar-refractivity contribution is 0.0962. The Hall–Kier alpha value is -1.69. The summed E-state index contributed by atoms with van der Waals surface area (Å²) < 4.78 is 3.35. The zero-order chi connectivity index (χ0) is 12.4. The maximum atomic E-state index is 11.9. The van der Waals surface area contributed by atoms with E-state index < -0.39 is 0 Å². The first-order valence-corrected chi connectivity index (χ1v) is 5.73. The number of rotatable bonds is 3. The van der Waals surface area contributed by atoms with Crippen molar-refractivity contribution in [3.05, 3.63) is 51.4 Å². The number of Topliss-reactive ketones (excluding diaryl/α,β-unsaturated/α-hetero) is 1. The predicted molar refractivity (Wildman–Crippen MR) is 65.9 cm³/mol. The zero-order valence-corrected chi connectivity index (χ0v) is 10.7. The van der Waals surface area contributed by atoms with Crippen molar-refractivity contribution in [2.75, 3.05) is 0 Å². The molecular formula is C11H10BrN3O2. The van der Waals surface area contributed by atoms with Gasteiger partial charge in [0.15, 0.2) is 5.78 Å². The topological polar surface area (TPSA) is 56.9 Å². The quantitative estimate of drug-likeness (QED) is 0.800. The molecule has 0 fully saturated rings. The van der Waals surface area contributed by atoms with Crippen LogP contribution in [0.1, 0.15) is 10.5 Å². The van der Waals surface area contributed by atoms with Crippen molar-refractivity contribution in [2.45, 2.75) is 6.54 Å². The average Bonchev–Trinajstić information content (AvgIpc) is 2.71. The van der Waals surface area contributed by atoms with E-state index in [0.717, 1.165) is 0 Å². The summed E-state index contributed by atoms with van der Waals surface area (Å²) in [4.78, 5) is 27.5. The molecule has 0 aliphatic carbocycles. The Bertz CT molecular complexity index is 615. The van der Waals surface area contributed by atoms with Gasteiger partial charge in [-0.2, -0.15) is 0 Å². The third-order valence-electron chi connectivity index (χ3n) is 2.40. The van der Waals surface area contributed by atoms with Crippen molar-refractivity contribution in [1.29, 1.82) is 0 Å². The van der Waals surface area contributed by atoms with Gasteiger partial charge in [-0.25, -0.2) is 4.98 Å². The highest BCUT2D eigenvalue weighted by molar-refractivity contribution is 9.10. The standard InChI is InChI=1S/C11H10BrN3O2/c1-14-4-2-3-9(14)10(16)6-15-7-13-5-8(12)11(15)17/h2-5,7H,6H2,1H3. The molecule has 2 aromatic rings. The first-order valence-electron chi connectivity index (χ1n) is 4.94. The van der Waals surface area contributed by atoms with Crippen LogP contribution in [-0.2, 0) is 13.6 Å². The second-order valence-corrected chi connectivity index (χ2v) is 4.46. The van der Waals surface area contributed by atoms with Crippen molar-refractivity contribution in [1.82, 2.24) is 14.1 Å². The highest BCUT2D eigenvalue weighted by atomic mass is 79.9. The molecule has 0 radical (unpaired) electrons. The monoisotopic (exact) mass is 295 g/mol. The second-order valence-electron chi connectivity index (χ2n) is 3.60. The van der Waals surface area contributed by atoms with Gasteiger partial charge in [0, 0.05) is 19.4 Å². The number of aryl methyl sites for hydroxylation is 1. The van der Waals surface area contributed by atoms with E-state index in [9.17, 15) is 9.59 Å². The molecule has 0 N–H and O–H groups in total. The van der Waals surface area contributed by atoms with Gasteiger partial charge in [-0.05, 0) is 28.1 Å². The van der Waals surface area contributed by atoms with Gasteiger partial charge in [-0.1, -0.05) is 0 Å². The van der Waals surface area contributed by atoms with E-state index in [0.29, 0.717) is 10.2 Å². The molecule has 0 unspecified atom stereocenters. The number of aromatic nitrogens is 3. The van der Waals surface area contributed by atoms with Gasteiger partial charge in [0.1, 0.15) is 4.47 Å². The molecule has 0 aliphatic heterocycles. The summed E-state index contributed by atoms with van der Waals surface area (Å²) in [6, 6.07) is 3.51. The largest absolute Gasteiger partial charge is 0.348 e. The molecule has 0 spiro atoms. The molecule has 2 aromatic heterocycles. The molecule has 2 rings (SSSR count). The van der Waals surface area contributed by atoms with E-state index in [1.54, 1.807) is 29.9 Å². The number of carbonyl (C=O) groups is 1. The summed E-state index contributed by atoms with van der Waals surface area (Å²) >= 11 is 3.09. The van der Waals surface area contributed by atoms with Crippen LogP contribution in [0.4, 0.5) is 0 Å². The molecule has 5 nitrogen and oxygen atoms in total. The molecule has 0 aromatic carbocycles. The molecule has 0 aliphatic rings. The van der Waals surface area contributed by atoms with Crippen LogP contribution in [0.2, 0.25) is 0 Å². The van der Waals surface area contributed by atoms with Gasteiger partial charge in [-0.15, -0.1) is 0 Å². The SMILES string of the molecule is Cn1cccc1C(=O)Cn1cncc(Br)c1=O. The van der Waals surface area contributed by atoms with Gasteiger partial charge in [0.25, 0.3) is 5.56 Å². The Morgan fingerprint density at radius 2 is 2.29 bits per heavy atom. The summed E-state index contributed by atoms with van der Waals surface area (Å²) in [5.74, 6) is -0.125. The lowest BCUT2D eigenvalue weighted by Gasteiger charge is -2.05. The van der Waals surface area contributed by atoms with Crippen LogP contribution in [0.3, 0.4) is 0 Å². The van der Waals surface area contributed by atoms with Crippen molar-refractivity contribution in [3.8, 4) is 0 Å². The van der Waals surface area contributed by atoms with Gasteiger partial charge in [-0.3, -0.25) is 14.2 Å². The van der Waals surface area contributed by atoms with Crippen LogP contribution >= 0.6 is 15.9 Å². The van der Waals surface area contributed by atoms with Crippen LogP contribution in [0.5, 0.6) is 0 Å². The van der Waals surface area contributed by atoms with Gasteiger partial charge in [0.2, 0.25) is 0 Å². The van der Waals surface area contributed by atoms with E-state index >= 15 is 0 Å². The molecule has 0 saturated heterocycles. The predicted octanol–water partition coefficient (Wildman–Crippen LogP) is 1.23. The van der Waals surface area contributed by atoms with Crippen molar-refractivity contribution >= 4 is 21.7 Å². The number of carbonyl (C=O) groups excluding carboxylic acids is 1. The lowest BCUT2D eigenvalue weighted by atomic mass is 10.3. The summed E-state index contributed by atoms with van der Waals surface area (Å²) in [6.07, 6.45) is 4.55. The zero-order valence-electron chi connectivity index (χ0n) is 9.13. The average molecular weight is 296 g/mol. The first kappa shape index (κ1) is 11.8. The summed E-state index contributed by atoms with van der Waals surface area (Å²) in [5, 5.41) is 0. The van der Waals surface area contributed by atoms with E-state index in [1.165, 1.54) is 17.1 Å². The van der Waals surface area contributed by atoms with Crippen LogP contribution in [0.25, 0.3) is 0 Å². The Kier molecular flexibility index (Phi) is 3.23. The maximum absolute atomic E-state index is 11.9. The fourth-order valence-electron chi connectivity index (χ4n) is 1.52. The fraction of sp³-hybridized carbons (Fsp3) is 0.182. The van der Waals surface area contributed by atoms with Gasteiger partial charge >= 0.3 is 0 Å². The lowest BCUT2D eigenvalue weighted by Crippen LogP contribution is -2.25. The Balaban J connectivity index is 2.28. The normalized spacial score (nSPS) is 10.5. The molecule has 6 heteroatoms. The maximum Gasteiger partial charge on any atom is 0.268 e. The summed E-state index contributed by atoms with van der Waals surface area (Å²) in [7, 11) is 1.79. The van der Waals surface area contributed by atoms with Crippen molar-refractivity contribution < 1.29 is 4.79 Å². The van der Waals surface area contributed by atoms with Crippen molar-refractivity contribution in [2.24, 2.45) is 7.05 Å².